The van der Waals surface area contributed by atoms with E-state index in [4.69, 9.17) is 10.5 Å². The van der Waals surface area contributed by atoms with Crippen molar-refractivity contribution in [3.8, 4) is 0 Å². The van der Waals surface area contributed by atoms with Gasteiger partial charge in [-0.05, 0) is 6.92 Å². The molecule has 0 saturated carbocycles. The average Bonchev–Trinajstić information content (AvgIpc) is 2.87. The van der Waals surface area contributed by atoms with Crippen LogP contribution < -0.4 is 5.73 Å². The summed E-state index contributed by atoms with van der Waals surface area (Å²) in [6, 6.07) is 0. The molecule has 3 N–H and O–H groups in total. The molecule has 0 spiro atoms. The minimum absolute atomic E-state index is 0.172. The van der Waals surface area contributed by atoms with Crippen molar-refractivity contribution in [1.82, 2.24) is 19.5 Å². The van der Waals surface area contributed by atoms with Gasteiger partial charge in [-0.2, -0.15) is 0 Å². The van der Waals surface area contributed by atoms with Gasteiger partial charge in [-0.25, -0.2) is 15.0 Å². The highest BCUT2D eigenvalue weighted by Gasteiger charge is 2.17. The van der Waals surface area contributed by atoms with Gasteiger partial charge in [-0.1, -0.05) is 12.2 Å². The lowest BCUT2D eigenvalue weighted by Crippen LogP contribution is -2.00. The quantitative estimate of drug-likeness (QED) is 0.420. The number of hydrogen-bond donors (Lipinski definition) is 2. The SMILES string of the molecule is CCOP(=O)(O)COC/C=C\Cn1cnc2c(N)ncnc21. The van der Waals surface area contributed by atoms with Crippen molar-refractivity contribution in [1.29, 1.82) is 0 Å². The number of nitrogens with zero attached hydrogens (tertiary/aromatic N) is 4. The van der Waals surface area contributed by atoms with Crippen LogP contribution in [0.4, 0.5) is 5.82 Å². The summed E-state index contributed by atoms with van der Waals surface area (Å²) < 4.78 is 22.9. The fraction of sp³-hybridized carbons (Fsp3) is 0.417. The molecule has 0 aliphatic carbocycles. The Labute approximate surface area is 127 Å². The minimum Gasteiger partial charge on any atom is -0.382 e. The van der Waals surface area contributed by atoms with E-state index in [1.165, 1.54) is 6.33 Å². The van der Waals surface area contributed by atoms with Crippen molar-refractivity contribution in [2.24, 2.45) is 0 Å². The van der Waals surface area contributed by atoms with Gasteiger partial charge >= 0.3 is 7.60 Å². The third kappa shape index (κ3) is 4.35. The van der Waals surface area contributed by atoms with Crippen LogP contribution in [0.5, 0.6) is 0 Å². The Bertz CT molecular complexity index is 702. The summed E-state index contributed by atoms with van der Waals surface area (Å²) in [4.78, 5) is 21.5. The van der Waals surface area contributed by atoms with Gasteiger partial charge in [-0.3, -0.25) is 4.57 Å². The number of ether oxygens (including phenoxy) is 1. The summed E-state index contributed by atoms with van der Waals surface area (Å²) in [5.41, 5.74) is 6.91. The largest absolute Gasteiger partial charge is 0.382 e. The van der Waals surface area contributed by atoms with Gasteiger partial charge in [0.05, 0.1) is 19.5 Å². The number of anilines is 1. The molecule has 0 aliphatic rings. The summed E-state index contributed by atoms with van der Waals surface area (Å²) >= 11 is 0. The second-order valence-electron chi connectivity index (χ2n) is 4.35. The van der Waals surface area contributed by atoms with Gasteiger partial charge < -0.3 is 24.5 Å². The van der Waals surface area contributed by atoms with Crippen LogP contribution in [0.15, 0.2) is 24.8 Å². The predicted octanol–water partition coefficient (Wildman–Crippen LogP) is 1.16. The molecule has 0 saturated heterocycles. The van der Waals surface area contributed by atoms with Crippen molar-refractivity contribution >= 4 is 24.6 Å². The monoisotopic (exact) mass is 327 g/mol. The molecule has 1 atom stereocenters. The molecule has 2 aromatic rings. The molecule has 0 aromatic carbocycles. The molecule has 2 rings (SSSR count). The van der Waals surface area contributed by atoms with Gasteiger partial charge in [-0.15, -0.1) is 0 Å². The highest BCUT2D eigenvalue weighted by molar-refractivity contribution is 7.52. The van der Waals surface area contributed by atoms with Gasteiger partial charge in [0.25, 0.3) is 0 Å². The number of rotatable bonds is 8. The van der Waals surface area contributed by atoms with E-state index in [2.05, 4.69) is 19.5 Å². The lowest BCUT2D eigenvalue weighted by Gasteiger charge is -2.09. The summed E-state index contributed by atoms with van der Waals surface area (Å²) in [7, 11) is -3.63. The first-order valence-corrected chi connectivity index (χ1v) is 8.40. The molecule has 0 fully saturated rings. The normalized spacial score (nSPS) is 14.6. The first-order chi connectivity index (χ1) is 10.5. The Hall–Kier alpha value is -1.80. The molecule has 2 aromatic heterocycles. The Morgan fingerprint density at radius 1 is 1.41 bits per heavy atom. The zero-order chi connectivity index (χ0) is 16.0. The van der Waals surface area contributed by atoms with Crippen molar-refractivity contribution in [2.45, 2.75) is 13.5 Å². The number of allylic oxidation sites excluding steroid dienone is 1. The van der Waals surface area contributed by atoms with E-state index in [-0.39, 0.29) is 19.6 Å². The minimum atomic E-state index is -3.63. The van der Waals surface area contributed by atoms with Crippen molar-refractivity contribution in [2.75, 3.05) is 25.3 Å². The number of nitrogens with two attached hydrogens (primary N) is 1. The molecule has 120 valence electrons. The molecule has 22 heavy (non-hydrogen) atoms. The van der Waals surface area contributed by atoms with Crippen LogP contribution in [0.25, 0.3) is 11.2 Å². The third-order valence-corrected chi connectivity index (χ3v) is 3.87. The maximum absolute atomic E-state index is 11.4. The first-order valence-electron chi connectivity index (χ1n) is 6.64. The molecule has 10 heteroatoms. The van der Waals surface area contributed by atoms with Crippen LogP contribution in [-0.4, -0.2) is 44.0 Å². The van der Waals surface area contributed by atoms with E-state index in [0.29, 0.717) is 23.5 Å². The number of nitrogen functional groups attached to an aromatic ring is 1. The molecule has 0 radical (unpaired) electrons. The summed E-state index contributed by atoms with van der Waals surface area (Å²) in [6.45, 7) is 2.56. The third-order valence-electron chi connectivity index (χ3n) is 2.70. The van der Waals surface area contributed by atoms with Crippen LogP contribution in [0.1, 0.15) is 6.92 Å². The maximum Gasteiger partial charge on any atom is 0.353 e. The smallest absolute Gasteiger partial charge is 0.353 e. The predicted molar refractivity (Wildman–Crippen MR) is 81.1 cm³/mol. The van der Waals surface area contributed by atoms with E-state index in [1.807, 2.05) is 6.08 Å². The van der Waals surface area contributed by atoms with Gasteiger partial charge in [0.1, 0.15) is 18.2 Å². The topological polar surface area (TPSA) is 125 Å². The van der Waals surface area contributed by atoms with Crippen molar-refractivity contribution in [3.63, 3.8) is 0 Å². The molecule has 0 amide bonds. The zero-order valence-corrected chi connectivity index (χ0v) is 13.0. The maximum atomic E-state index is 11.4. The van der Waals surface area contributed by atoms with Crippen LogP contribution in [0, 0.1) is 0 Å². The van der Waals surface area contributed by atoms with Crippen LogP contribution in [0.2, 0.25) is 0 Å². The van der Waals surface area contributed by atoms with Gasteiger partial charge in [0.15, 0.2) is 11.5 Å². The Morgan fingerprint density at radius 2 is 2.23 bits per heavy atom. The standard InChI is InChI=1S/C12H18N5O4P/c1-2-21-22(18,19)9-20-6-4-3-5-17-8-16-10-11(13)14-7-15-12(10)17/h3-4,7-8H,2,5-6,9H2,1H3,(H,18,19)(H2,13,14,15)/b4-3-. The number of aromatic nitrogens is 4. The molecular formula is C12H18N5O4P. The highest BCUT2D eigenvalue weighted by Crippen LogP contribution is 2.41. The highest BCUT2D eigenvalue weighted by atomic mass is 31.2. The van der Waals surface area contributed by atoms with E-state index in [0.717, 1.165) is 0 Å². The molecular weight excluding hydrogens is 309 g/mol. The average molecular weight is 327 g/mol. The number of imidazole rings is 1. The Morgan fingerprint density at radius 3 is 3.00 bits per heavy atom. The molecule has 2 heterocycles. The van der Waals surface area contributed by atoms with Crippen molar-refractivity contribution < 1.29 is 18.7 Å². The van der Waals surface area contributed by atoms with Gasteiger partial charge in [0, 0.05) is 6.54 Å². The van der Waals surface area contributed by atoms with E-state index < -0.39 is 7.60 Å². The zero-order valence-electron chi connectivity index (χ0n) is 12.1. The molecule has 0 bridgehead atoms. The fourth-order valence-electron chi connectivity index (χ4n) is 1.76. The second kappa shape index (κ2) is 7.46. The van der Waals surface area contributed by atoms with E-state index in [9.17, 15) is 9.46 Å². The van der Waals surface area contributed by atoms with Crippen molar-refractivity contribution in [3.05, 3.63) is 24.8 Å². The fourth-order valence-corrected chi connectivity index (χ4v) is 2.58. The molecule has 9 nitrogen and oxygen atoms in total. The van der Waals surface area contributed by atoms with E-state index >= 15 is 0 Å². The molecule has 0 aliphatic heterocycles. The Kier molecular flexibility index (Phi) is 5.62. The second-order valence-corrected chi connectivity index (χ2v) is 6.15. The summed E-state index contributed by atoms with van der Waals surface area (Å²) in [5.74, 6) is 0.339. The molecule has 1 unspecified atom stereocenters. The van der Waals surface area contributed by atoms with Crippen LogP contribution in [0.3, 0.4) is 0 Å². The van der Waals surface area contributed by atoms with Crippen LogP contribution in [-0.2, 0) is 20.4 Å². The number of fused-ring (bicyclic) bond motifs is 1. The van der Waals surface area contributed by atoms with Gasteiger partial charge in [0.2, 0.25) is 0 Å². The lowest BCUT2D eigenvalue weighted by molar-refractivity contribution is 0.169. The van der Waals surface area contributed by atoms with Crippen LogP contribution >= 0.6 is 7.60 Å². The Balaban J connectivity index is 1.82. The summed E-state index contributed by atoms with van der Waals surface area (Å²) in [5, 5.41) is 0. The first kappa shape index (κ1) is 16.6. The number of hydrogen-bond acceptors (Lipinski definition) is 7. The summed E-state index contributed by atoms with van der Waals surface area (Å²) in [6.07, 6.45) is 6.25. The van der Waals surface area contributed by atoms with E-state index in [1.54, 1.807) is 23.9 Å². The lowest BCUT2D eigenvalue weighted by atomic mass is 10.4.